The zero-order valence-electron chi connectivity index (χ0n) is 16.5. The van der Waals surface area contributed by atoms with E-state index in [-0.39, 0.29) is 19.6 Å². The Balaban J connectivity index is 0.00000240. The van der Waals surface area contributed by atoms with E-state index in [9.17, 15) is 18.3 Å². The minimum atomic E-state index is -3.67. The number of hydrogen-bond acceptors (Lipinski definition) is 7. The number of aromatic nitrogens is 1. The van der Waals surface area contributed by atoms with Crippen molar-refractivity contribution >= 4 is 38.1 Å². The van der Waals surface area contributed by atoms with Crippen molar-refractivity contribution in [2.45, 2.75) is 31.3 Å². The van der Waals surface area contributed by atoms with Gasteiger partial charge >= 0.3 is 0 Å². The van der Waals surface area contributed by atoms with Crippen molar-refractivity contribution < 1.29 is 21.2 Å². The summed E-state index contributed by atoms with van der Waals surface area (Å²) in [7, 11) is -3.67. The highest BCUT2D eigenvalue weighted by atomic mass is 32.2. The van der Waals surface area contributed by atoms with E-state index in [1.807, 2.05) is 13.8 Å². The Morgan fingerprint density at radius 3 is 2.45 bits per heavy atom. The molecule has 1 aliphatic heterocycles. The van der Waals surface area contributed by atoms with E-state index in [1.54, 1.807) is 34.5 Å². The van der Waals surface area contributed by atoms with Crippen molar-refractivity contribution in [2.24, 2.45) is 5.92 Å². The highest BCUT2D eigenvalue weighted by molar-refractivity contribution is 7.93. The number of carbonyl (C=O) groups excluding carboxylic acids is 1. The zero-order valence-corrected chi connectivity index (χ0v) is 18.1. The van der Waals surface area contributed by atoms with Gasteiger partial charge in [-0.25, -0.2) is 13.4 Å². The Morgan fingerprint density at radius 2 is 1.90 bits per heavy atom. The third kappa shape index (κ3) is 5.46. The van der Waals surface area contributed by atoms with Crippen LogP contribution in [0.4, 0.5) is 10.8 Å². The number of piperazine rings is 1. The number of aliphatic hydroxyl groups excluding tert-OH is 1. The standard InChI is InChI=1S/C19H26N4O4S2.2H2/c1-14(2)13-17(24)18(25)23-10-8-22(9-11-23)15-3-5-16(6-4-15)29(26,27)21-19-20-7-12-28-19;;/h3-7,12,14,17,24H,8-11,13H2,1-2H3,(H,20,21);2*1H/t17-;;/m1../s1. The number of nitrogens with zero attached hydrogens (tertiary/aromatic N) is 3. The second-order valence-electron chi connectivity index (χ2n) is 7.39. The smallest absolute Gasteiger partial charge is 0.263 e. The number of anilines is 2. The summed E-state index contributed by atoms with van der Waals surface area (Å²) in [5, 5.41) is 12.1. The molecule has 2 heterocycles. The van der Waals surface area contributed by atoms with E-state index in [0.717, 1.165) is 5.69 Å². The SMILES string of the molecule is CC(C)C[C@@H](O)C(=O)N1CCN(c2ccc(S(=O)(=O)Nc3nccs3)cc2)CC1.[HH].[HH]. The molecule has 10 heteroatoms. The van der Waals surface area contributed by atoms with Crippen LogP contribution in [0.5, 0.6) is 0 Å². The molecule has 1 saturated heterocycles. The average molecular weight is 443 g/mol. The van der Waals surface area contributed by atoms with Gasteiger partial charge in [-0.1, -0.05) is 13.8 Å². The molecule has 1 aromatic heterocycles. The Morgan fingerprint density at radius 1 is 1.24 bits per heavy atom. The number of benzene rings is 1. The summed E-state index contributed by atoms with van der Waals surface area (Å²) in [5.41, 5.74) is 0.896. The number of rotatable bonds is 7. The van der Waals surface area contributed by atoms with Gasteiger partial charge in [0.1, 0.15) is 6.10 Å². The Hall–Kier alpha value is -2.17. The number of nitrogens with one attached hydrogen (secondary N) is 1. The van der Waals surface area contributed by atoms with Crippen LogP contribution >= 0.6 is 11.3 Å². The molecule has 29 heavy (non-hydrogen) atoms. The minimum absolute atomic E-state index is 0. The van der Waals surface area contributed by atoms with Crippen LogP contribution in [0.3, 0.4) is 0 Å². The van der Waals surface area contributed by atoms with Gasteiger partial charge in [0.25, 0.3) is 15.9 Å². The Kier molecular flexibility index (Phi) is 6.76. The number of hydrogen-bond donors (Lipinski definition) is 2. The Bertz CT molecular complexity index is 917. The van der Waals surface area contributed by atoms with E-state index in [1.165, 1.54) is 17.5 Å². The molecule has 3 rings (SSSR count). The van der Waals surface area contributed by atoms with Crippen LogP contribution in [-0.2, 0) is 14.8 Å². The topological polar surface area (TPSA) is 103 Å². The monoisotopic (exact) mass is 442 g/mol. The first-order valence-electron chi connectivity index (χ1n) is 9.50. The number of thiazole rings is 1. The van der Waals surface area contributed by atoms with Gasteiger partial charge in [-0.2, -0.15) is 0 Å². The van der Waals surface area contributed by atoms with Gasteiger partial charge < -0.3 is 14.9 Å². The summed E-state index contributed by atoms with van der Waals surface area (Å²) >= 11 is 1.22. The van der Waals surface area contributed by atoms with Crippen LogP contribution in [0.15, 0.2) is 40.7 Å². The maximum atomic E-state index is 12.4. The van der Waals surface area contributed by atoms with Crippen LogP contribution < -0.4 is 9.62 Å². The first-order valence-corrected chi connectivity index (χ1v) is 11.9. The zero-order chi connectivity index (χ0) is 21.0. The third-order valence-corrected chi connectivity index (χ3v) is 6.91. The van der Waals surface area contributed by atoms with Gasteiger partial charge in [-0.05, 0) is 36.6 Å². The maximum absolute atomic E-state index is 12.4. The molecule has 0 radical (unpaired) electrons. The fraction of sp³-hybridized carbons (Fsp3) is 0.474. The summed E-state index contributed by atoms with van der Waals surface area (Å²) in [6.45, 7) is 6.27. The molecule has 2 N–H and O–H groups in total. The molecule has 162 valence electrons. The largest absolute Gasteiger partial charge is 0.383 e. The molecule has 1 amide bonds. The van der Waals surface area contributed by atoms with Crippen molar-refractivity contribution in [3.8, 4) is 0 Å². The van der Waals surface area contributed by atoms with Crippen molar-refractivity contribution in [2.75, 3.05) is 35.8 Å². The third-order valence-electron chi connectivity index (χ3n) is 4.74. The van der Waals surface area contributed by atoms with Crippen molar-refractivity contribution in [3.05, 3.63) is 35.8 Å². The van der Waals surface area contributed by atoms with Crippen LogP contribution in [-0.4, -0.2) is 61.6 Å². The van der Waals surface area contributed by atoms with Crippen LogP contribution in [0.25, 0.3) is 0 Å². The number of sulfonamides is 1. The molecule has 0 aliphatic carbocycles. The lowest BCUT2D eigenvalue weighted by molar-refractivity contribution is -0.141. The van der Waals surface area contributed by atoms with Crippen LogP contribution in [0, 0.1) is 5.92 Å². The van der Waals surface area contributed by atoms with Gasteiger partial charge in [0.2, 0.25) is 0 Å². The predicted octanol–water partition coefficient (Wildman–Crippen LogP) is 2.49. The Labute approximate surface area is 178 Å². The first kappa shape index (κ1) is 21.5. The molecule has 2 aromatic rings. The fourth-order valence-electron chi connectivity index (χ4n) is 3.23. The average Bonchev–Trinajstić information content (AvgIpc) is 3.19. The van der Waals surface area contributed by atoms with Crippen molar-refractivity contribution in [3.63, 3.8) is 0 Å². The lowest BCUT2D eigenvalue weighted by Gasteiger charge is -2.37. The maximum Gasteiger partial charge on any atom is 0.263 e. The molecule has 0 spiro atoms. The molecule has 0 bridgehead atoms. The normalized spacial score (nSPS) is 16.1. The number of carbonyl (C=O) groups is 1. The summed E-state index contributed by atoms with van der Waals surface area (Å²) in [4.78, 5) is 20.2. The lowest BCUT2D eigenvalue weighted by atomic mass is 10.0. The quantitative estimate of drug-likeness (QED) is 0.683. The summed E-state index contributed by atoms with van der Waals surface area (Å²) < 4.78 is 27.3. The molecular weight excluding hydrogens is 412 g/mol. The highest BCUT2D eigenvalue weighted by Gasteiger charge is 2.27. The van der Waals surface area contributed by atoms with Crippen molar-refractivity contribution in [1.29, 1.82) is 0 Å². The number of amides is 1. The number of aliphatic hydroxyl groups is 1. The molecular formula is C19H30N4O4S2. The molecule has 1 aromatic carbocycles. The van der Waals surface area contributed by atoms with Gasteiger partial charge in [0.15, 0.2) is 5.13 Å². The second-order valence-corrected chi connectivity index (χ2v) is 9.97. The molecule has 1 atom stereocenters. The van der Waals surface area contributed by atoms with E-state index < -0.39 is 16.1 Å². The predicted molar refractivity (Wildman–Crippen MR) is 118 cm³/mol. The molecule has 1 fully saturated rings. The first-order chi connectivity index (χ1) is 13.8. The van der Waals surface area contributed by atoms with Gasteiger partial charge in [-0.3, -0.25) is 9.52 Å². The molecule has 1 aliphatic rings. The van der Waals surface area contributed by atoms with Crippen LogP contribution in [0.2, 0.25) is 0 Å². The molecule has 0 unspecified atom stereocenters. The molecule has 0 saturated carbocycles. The minimum Gasteiger partial charge on any atom is -0.383 e. The summed E-state index contributed by atoms with van der Waals surface area (Å²) in [5.74, 6) is 0.0446. The van der Waals surface area contributed by atoms with Gasteiger partial charge in [0.05, 0.1) is 4.90 Å². The van der Waals surface area contributed by atoms with Gasteiger partial charge in [0, 0.05) is 46.3 Å². The molecule has 8 nitrogen and oxygen atoms in total. The van der Waals surface area contributed by atoms with E-state index in [4.69, 9.17) is 0 Å². The van der Waals surface area contributed by atoms with Crippen LogP contribution in [0.1, 0.15) is 23.1 Å². The summed E-state index contributed by atoms with van der Waals surface area (Å²) in [6.07, 6.45) is 1.05. The van der Waals surface area contributed by atoms with E-state index >= 15 is 0 Å². The lowest BCUT2D eigenvalue weighted by Crippen LogP contribution is -2.51. The second kappa shape index (κ2) is 9.10. The van der Waals surface area contributed by atoms with Crippen molar-refractivity contribution in [1.82, 2.24) is 9.88 Å². The van der Waals surface area contributed by atoms with E-state index in [0.29, 0.717) is 37.7 Å². The highest BCUT2D eigenvalue weighted by Crippen LogP contribution is 2.22. The van der Waals surface area contributed by atoms with E-state index in [2.05, 4.69) is 14.6 Å². The summed E-state index contributed by atoms with van der Waals surface area (Å²) in [6, 6.07) is 6.66. The van der Waals surface area contributed by atoms with Gasteiger partial charge in [-0.15, -0.1) is 11.3 Å². The fourth-order valence-corrected chi connectivity index (χ4v) is 5.02.